The molecule has 22 heavy (non-hydrogen) atoms. The van der Waals surface area contributed by atoms with Gasteiger partial charge in [0.15, 0.2) is 0 Å². The maximum atomic E-state index is 12.8. The molecule has 2 aromatic heterocycles. The molecule has 3 rings (SSSR count). The van der Waals surface area contributed by atoms with E-state index in [1.54, 1.807) is 15.9 Å². The molecule has 112 valence electrons. The Hall–Kier alpha value is -2.17. The molecule has 0 fully saturated rings. The molecule has 0 spiro atoms. The molecule has 3 aromatic rings. The van der Waals surface area contributed by atoms with Crippen molar-refractivity contribution in [3.05, 3.63) is 81.5 Å². The largest absolute Gasteiger partial charge is 0.320 e. The first-order valence-corrected chi connectivity index (χ1v) is 8.18. The molecule has 1 atom stereocenters. The first-order valence-electron chi connectivity index (χ1n) is 7.30. The van der Waals surface area contributed by atoms with Crippen LogP contribution in [0.15, 0.2) is 64.8 Å². The van der Waals surface area contributed by atoms with Crippen molar-refractivity contribution in [3.8, 4) is 10.6 Å². The summed E-state index contributed by atoms with van der Waals surface area (Å²) in [7, 11) is 0. The van der Waals surface area contributed by atoms with Crippen LogP contribution in [0.2, 0.25) is 0 Å². The predicted octanol–water partition coefficient (Wildman–Crippen LogP) is 3.64. The third-order valence-electron chi connectivity index (χ3n) is 3.79. The Morgan fingerprint density at radius 1 is 1.09 bits per heavy atom. The topological polar surface area (TPSA) is 48.0 Å². The summed E-state index contributed by atoms with van der Waals surface area (Å²) < 4.78 is 1.80. The molecule has 1 aromatic carbocycles. The van der Waals surface area contributed by atoms with E-state index in [0.29, 0.717) is 12.1 Å². The Labute approximate surface area is 133 Å². The minimum absolute atomic E-state index is 0.00949. The molecule has 0 aliphatic carbocycles. The van der Waals surface area contributed by atoms with E-state index >= 15 is 0 Å². The van der Waals surface area contributed by atoms with Gasteiger partial charge in [0, 0.05) is 12.1 Å². The molecule has 0 saturated heterocycles. The average Bonchev–Trinajstić information content (AvgIpc) is 3.09. The van der Waals surface area contributed by atoms with Crippen molar-refractivity contribution in [2.45, 2.75) is 19.5 Å². The average molecular weight is 310 g/mol. The van der Waals surface area contributed by atoms with Gasteiger partial charge in [-0.3, -0.25) is 4.79 Å². The molecular weight excluding hydrogens is 292 g/mol. The maximum Gasteiger partial charge on any atom is 0.256 e. The zero-order valence-electron chi connectivity index (χ0n) is 12.4. The van der Waals surface area contributed by atoms with Gasteiger partial charge in [-0.2, -0.15) is 0 Å². The number of benzene rings is 1. The zero-order chi connectivity index (χ0) is 15.5. The van der Waals surface area contributed by atoms with Gasteiger partial charge in [-0.1, -0.05) is 36.4 Å². The van der Waals surface area contributed by atoms with Crippen LogP contribution in [-0.4, -0.2) is 4.57 Å². The van der Waals surface area contributed by atoms with E-state index in [1.165, 1.54) is 0 Å². The van der Waals surface area contributed by atoms with E-state index in [1.807, 2.05) is 66.9 Å². The van der Waals surface area contributed by atoms with Crippen LogP contribution < -0.4 is 11.3 Å². The Morgan fingerprint density at radius 2 is 1.86 bits per heavy atom. The highest BCUT2D eigenvalue weighted by Crippen LogP contribution is 2.25. The number of thiophene rings is 1. The number of aromatic nitrogens is 1. The molecule has 3 nitrogen and oxygen atoms in total. The van der Waals surface area contributed by atoms with Crippen molar-refractivity contribution in [3.63, 3.8) is 0 Å². The lowest BCUT2D eigenvalue weighted by Crippen LogP contribution is -2.29. The monoisotopic (exact) mass is 310 g/mol. The summed E-state index contributed by atoms with van der Waals surface area (Å²) in [6.07, 6.45) is 0. The van der Waals surface area contributed by atoms with Crippen molar-refractivity contribution in [2.24, 2.45) is 5.73 Å². The van der Waals surface area contributed by atoms with E-state index in [9.17, 15) is 4.79 Å². The molecule has 0 radical (unpaired) electrons. The second-order valence-electron chi connectivity index (χ2n) is 5.09. The number of pyridine rings is 1. The summed E-state index contributed by atoms with van der Waals surface area (Å²) in [5.41, 5.74) is 8.82. The fourth-order valence-electron chi connectivity index (χ4n) is 2.63. The highest BCUT2D eigenvalue weighted by Gasteiger charge is 2.16. The predicted molar refractivity (Wildman–Crippen MR) is 92.2 cm³/mol. The van der Waals surface area contributed by atoms with Crippen LogP contribution in [0.25, 0.3) is 10.6 Å². The summed E-state index contributed by atoms with van der Waals surface area (Å²) in [6, 6.07) is 17.2. The fraction of sp³-hybridized carbons (Fsp3) is 0.167. The van der Waals surface area contributed by atoms with E-state index < -0.39 is 6.04 Å². The number of hydrogen-bond acceptors (Lipinski definition) is 3. The molecule has 0 saturated carbocycles. The van der Waals surface area contributed by atoms with E-state index in [4.69, 9.17) is 5.73 Å². The molecule has 2 heterocycles. The molecule has 4 heteroatoms. The third kappa shape index (κ3) is 2.63. The van der Waals surface area contributed by atoms with E-state index in [-0.39, 0.29) is 5.56 Å². The first kappa shape index (κ1) is 14.8. The van der Waals surface area contributed by atoms with Crippen LogP contribution in [0.3, 0.4) is 0 Å². The number of nitrogens with two attached hydrogens (primary N) is 1. The van der Waals surface area contributed by atoms with Gasteiger partial charge in [-0.15, -0.1) is 11.3 Å². The Kier molecular flexibility index (Phi) is 4.22. The highest BCUT2D eigenvalue weighted by atomic mass is 32.1. The summed E-state index contributed by atoms with van der Waals surface area (Å²) in [6.45, 7) is 2.61. The number of hydrogen-bond donors (Lipinski definition) is 1. The SMILES string of the molecule is CCn1c(-c2cccs2)ccc(C(N)c2ccccc2)c1=O. The number of rotatable bonds is 4. The van der Waals surface area contributed by atoms with Gasteiger partial charge in [-0.25, -0.2) is 0 Å². The molecule has 0 aliphatic heterocycles. The third-order valence-corrected chi connectivity index (χ3v) is 4.68. The van der Waals surface area contributed by atoms with Gasteiger partial charge in [0.2, 0.25) is 0 Å². The molecule has 0 aliphatic rings. The van der Waals surface area contributed by atoms with Crippen LogP contribution in [0, 0.1) is 0 Å². The van der Waals surface area contributed by atoms with Crippen LogP contribution >= 0.6 is 11.3 Å². The number of nitrogens with zero attached hydrogens (tertiary/aromatic N) is 1. The second kappa shape index (κ2) is 6.30. The lowest BCUT2D eigenvalue weighted by molar-refractivity contribution is 0.710. The van der Waals surface area contributed by atoms with Gasteiger partial charge in [0.1, 0.15) is 0 Å². The van der Waals surface area contributed by atoms with Crippen molar-refractivity contribution in [2.75, 3.05) is 0 Å². The smallest absolute Gasteiger partial charge is 0.256 e. The molecule has 0 bridgehead atoms. The second-order valence-corrected chi connectivity index (χ2v) is 6.04. The molecule has 1 unspecified atom stereocenters. The van der Waals surface area contributed by atoms with Crippen molar-refractivity contribution in [1.29, 1.82) is 0 Å². The summed E-state index contributed by atoms with van der Waals surface area (Å²) in [4.78, 5) is 13.9. The molecule has 0 amide bonds. The van der Waals surface area contributed by atoms with Gasteiger partial charge < -0.3 is 10.3 Å². The lowest BCUT2D eigenvalue weighted by atomic mass is 10.0. The zero-order valence-corrected chi connectivity index (χ0v) is 13.2. The maximum absolute atomic E-state index is 12.8. The minimum Gasteiger partial charge on any atom is -0.320 e. The van der Waals surface area contributed by atoms with E-state index in [0.717, 1.165) is 16.1 Å². The van der Waals surface area contributed by atoms with Crippen molar-refractivity contribution < 1.29 is 0 Å². The minimum atomic E-state index is -0.399. The van der Waals surface area contributed by atoms with Crippen LogP contribution in [-0.2, 0) is 6.54 Å². The van der Waals surface area contributed by atoms with Crippen LogP contribution in [0.4, 0.5) is 0 Å². The first-order chi connectivity index (χ1) is 10.7. The van der Waals surface area contributed by atoms with Crippen molar-refractivity contribution >= 4 is 11.3 Å². The Balaban J connectivity index is 2.10. The molecule has 2 N–H and O–H groups in total. The normalized spacial score (nSPS) is 12.3. The van der Waals surface area contributed by atoms with Gasteiger partial charge in [-0.05, 0) is 36.1 Å². The van der Waals surface area contributed by atoms with Gasteiger partial charge in [0.25, 0.3) is 5.56 Å². The standard InChI is InChI=1S/C18H18N2OS/c1-2-20-15(16-9-6-12-22-16)11-10-14(18(20)21)17(19)13-7-4-3-5-8-13/h3-12,17H,2,19H2,1H3. The van der Waals surface area contributed by atoms with Crippen LogP contribution in [0.5, 0.6) is 0 Å². The summed E-state index contributed by atoms with van der Waals surface area (Å²) in [5, 5.41) is 2.02. The lowest BCUT2D eigenvalue weighted by Gasteiger charge is -2.16. The highest BCUT2D eigenvalue weighted by molar-refractivity contribution is 7.13. The summed E-state index contributed by atoms with van der Waals surface area (Å²) in [5.74, 6) is 0. The van der Waals surface area contributed by atoms with Gasteiger partial charge in [0.05, 0.1) is 16.6 Å². The van der Waals surface area contributed by atoms with Crippen molar-refractivity contribution in [1.82, 2.24) is 4.57 Å². The van der Waals surface area contributed by atoms with Crippen LogP contribution in [0.1, 0.15) is 24.1 Å². The molecular formula is C18H18N2OS. The summed E-state index contributed by atoms with van der Waals surface area (Å²) >= 11 is 1.63. The fourth-order valence-corrected chi connectivity index (χ4v) is 3.39. The quantitative estimate of drug-likeness (QED) is 0.799. The van der Waals surface area contributed by atoms with Gasteiger partial charge >= 0.3 is 0 Å². The van der Waals surface area contributed by atoms with E-state index in [2.05, 4.69) is 0 Å². The Morgan fingerprint density at radius 3 is 2.50 bits per heavy atom. The Bertz CT molecular complexity index is 807.